The molecule has 0 saturated heterocycles. The summed E-state index contributed by atoms with van der Waals surface area (Å²) in [5.41, 5.74) is 0. The third kappa shape index (κ3) is 1.84. The van der Waals surface area contributed by atoms with Gasteiger partial charge in [0.1, 0.15) is 5.82 Å². The van der Waals surface area contributed by atoms with Crippen LogP contribution in [-0.2, 0) is 6.42 Å². The molecule has 0 amide bonds. The lowest BCUT2D eigenvalue weighted by Gasteiger charge is -1.97. The Morgan fingerprint density at radius 1 is 1.50 bits per heavy atom. The third-order valence-corrected chi connectivity index (χ3v) is 1.87. The number of H-pyrrole nitrogens is 1. The van der Waals surface area contributed by atoms with Crippen molar-refractivity contribution in [2.75, 3.05) is 0 Å². The zero-order chi connectivity index (χ0) is 9.97. The molecule has 2 heterocycles. The summed E-state index contributed by atoms with van der Waals surface area (Å²) in [6, 6.07) is 3.68. The number of hydrogen-bond acceptors (Lipinski definition) is 3. The molecular formula is C10H13N3O. The molecule has 0 spiro atoms. The molecule has 2 aromatic rings. The molecule has 0 fully saturated rings. The molecule has 1 N–H and O–H groups in total. The molecule has 0 radical (unpaired) electrons. The predicted molar refractivity (Wildman–Crippen MR) is 52.6 cm³/mol. The van der Waals surface area contributed by atoms with Crippen molar-refractivity contribution in [2.24, 2.45) is 5.92 Å². The molecular weight excluding hydrogens is 178 g/mol. The highest BCUT2D eigenvalue weighted by Gasteiger charge is 2.08. The van der Waals surface area contributed by atoms with Gasteiger partial charge in [-0.05, 0) is 18.1 Å². The Kier molecular flexibility index (Phi) is 2.35. The van der Waals surface area contributed by atoms with E-state index >= 15 is 0 Å². The van der Waals surface area contributed by atoms with E-state index in [1.807, 2.05) is 12.1 Å². The number of aromatic nitrogens is 3. The lowest BCUT2D eigenvalue weighted by atomic mass is 10.1. The lowest BCUT2D eigenvalue weighted by molar-refractivity contribution is 0.577. The normalized spacial score (nSPS) is 11.1. The maximum atomic E-state index is 5.19. The van der Waals surface area contributed by atoms with Crippen LogP contribution in [0.3, 0.4) is 0 Å². The molecule has 14 heavy (non-hydrogen) atoms. The molecule has 4 heteroatoms. The van der Waals surface area contributed by atoms with Gasteiger partial charge in [-0.3, -0.25) is 5.10 Å². The van der Waals surface area contributed by atoms with Crippen LogP contribution in [0, 0.1) is 5.92 Å². The fourth-order valence-electron chi connectivity index (χ4n) is 1.29. The molecule has 2 aromatic heterocycles. The van der Waals surface area contributed by atoms with Gasteiger partial charge in [-0.15, -0.1) is 0 Å². The van der Waals surface area contributed by atoms with E-state index in [2.05, 4.69) is 29.0 Å². The van der Waals surface area contributed by atoms with Crippen molar-refractivity contribution in [3.8, 4) is 11.6 Å². The quantitative estimate of drug-likeness (QED) is 0.809. The number of furan rings is 1. The van der Waals surface area contributed by atoms with Crippen molar-refractivity contribution < 1.29 is 4.42 Å². The molecule has 4 nitrogen and oxygen atoms in total. The first-order valence-corrected chi connectivity index (χ1v) is 4.71. The van der Waals surface area contributed by atoms with Gasteiger partial charge in [-0.2, -0.15) is 5.10 Å². The largest absolute Gasteiger partial charge is 0.461 e. The second-order valence-corrected chi connectivity index (χ2v) is 3.68. The smallest absolute Gasteiger partial charge is 0.216 e. The van der Waals surface area contributed by atoms with Crippen molar-refractivity contribution in [1.29, 1.82) is 0 Å². The Bertz CT molecular complexity index is 389. The topological polar surface area (TPSA) is 54.7 Å². The molecule has 0 aromatic carbocycles. The van der Waals surface area contributed by atoms with Gasteiger partial charge in [0.2, 0.25) is 5.82 Å². The van der Waals surface area contributed by atoms with E-state index in [1.54, 1.807) is 6.26 Å². The first-order chi connectivity index (χ1) is 6.75. The highest BCUT2D eigenvalue weighted by Crippen LogP contribution is 2.15. The van der Waals surface area contributed by atoms with Crippen LogP contribution < -0.4 is 0 Å². The van der Waals surface area contributed by atoms with Crippen LogP contribution in [0.15, 0.2) is 22.8 Å². The van der Waals surface area contributed by atoms with Crippen LogP contribution in [0.25, 0.3) is 11.6 Å². The van der Waals surface area contributed by atoms with Crippen molar-refractivity contribution in [3.63, 3.8) is 0 Å². The Hall–Kier alpha value is -1.58. The fourth-order valence-corrected chi connectivity index (χ4v) is 1.29. The number of hydrogen-bond donors (Lipinski definition) is 1. The number of nitrogens with zero attached hydrogens (tertiary/aromatic N) is 2. The Labute approximate surface area is 82.4 Å². The second kappa shape index (κ2) is 3.65. The summed E-state index contributed by atoms with van der Waals surface area (Å²) in [6.45, 7) is 4.30. The summed E-state index contributed by atoms with van der Waals surface area (Å²) in [6.07, 6.45) is 2.53. The first kappa shape index (κ1) is 8.99. The van der Waals surface area contributed by atoms with Gasteiger partial charge in [-0.25, -0.2) is 4.98 Å². The summed E-state index contributed by atoms with van der Waals surface area (Å²) >= 11 is 0. The Balaban J connectivity index is 2.18. The van der Waals surface area contributed by atoms with Gasteiger partial charge in [0.15, 0.2) is 5.76 Å². The zero-order valence-electron chi connectivity index (χ0n) is 8.32. The predicted octanol–water partition coefficient (Wildman–Crippen LogP) is 2.26. The van der Waals surface area contributed by atoms with Gasteiger partial charge in [-0.1, -0.05) is 13.8 Å². The van der Waals surface area contributed by atoms with Crippen LogP contribution in [-0.4, -0.2) is 15.2 Å². The molecule has 0 bridgehead atoms. The summed E-state index contributed by atoms with van der Waals surface area (Å²) in [4.78, 5) is 4.33. The standard InChI is InChI=1S/C10H13N3O/c1-7(2)6-9-11-10(13-12-9)8-4-3-5-14-8/h3-5,7H,6H2,1-2H3,(H,11,12,13). The number of nitrogens with one attached hydrogen (secondary N) is 1. The molecule has 2 rings (SSSR count). The minimum Gasteiger partial charge on any atom is -0.461 e. The Morgan fingerprint density at radius 3 is 3.00 bits per heavy atom. The molecule has 0 aliphatic carbocycles. The molecule has 0 saturated carbocycles. The zero-order valence-corrected chi connectivity index (χ0v) is 8.32. The minimum atomic E-state index is 0.576. The summed E-state index contributed by atoms with van der Waals surface area (Å²) in [5.74, 6) is 2.82. The highest BCUT2D eigenvalue weighted by atomic mass is 16.3. The molecule has 0 aliphatic rings. The van der Waals surface area contributed by atoms with Crippen molar-refractivity contribution in [2.45, 2.75) is 20.3 Å². The van der Waals surface area contributed by atoms with Crippen LogP contribution in [0.4, 0.5) is 0 Å². The van der Waals surface area contributed by atoms with Crippen molar-refractivity contribution in [1.82, 2.24) is 15.2 Å². The van der Waals surface area contributed by atoms with Gasteiger partial charge >= 0.3 is 0 Å². The Morgan fingerprint density at radius 2 is 2.36 bits per heavy atom. The molecule has 0 unspecified atom stereocenters. The van der Waals surface area contributed by atoms with E-state index in [4.69, 9.17) is 4.42 Å². The van der Waals surface area contributed by atoms with Gasteiger partial charge in [0.25, 0.3) is 0 Å². The lowest BCUT2D eigenvalue weighted by Crippen LogP contribution is -1.95. The minimum absolute atomic E-state index is 0.576. The number of aromatic amines is 1. The van der Waals surface area contributed by atoms with Crippen LogP contribution in [0.1, 0.15) is 19.7 Å². The van der Waals surface area contributed by atoms with E-state index in [0.717, 1.165) is 12.2 Å². The SMILES string of the molecule is CC(C)Cc1nc(-c2ccco2)n[nH]1. The fraction of sp³-hybridized carbons (Fsp3) is 0.400. The monoisotopic (exact) mass is 191 g/mol. The van der Waals surface area contributed by atoms with E-state index in [-0.39, 0.29) is 0 Å². The van der Waals surface area contributed by atoms with Gasteiger partial charge in [0, 0.05) is 6.42 Å². The second-order valence-electron chi connectivity index (χ2n) is 3.68. The van der Waals surface area contributed by atoms with E-state index < -0.39 is 0 Å². The molecule has 74 valence electrons. The van der Waals surface area contributed by atoms with Gasteiger partial charge in [0.05, 0.1) is 6.26 Å². The van der Waals surface area contributed by atoms with Crippen LogP contribution >= 0.6 is 0 Å². The molecule has 0 aliphatic heterocycles. The maximum absolute atomic E-state index is 5.19. The summed E-state index contributed by atoms with van der Waals surface area (Å²) in [7, 11) is 0. The third-order valence-electron chi connectivity index (χ3n) is 1.87. The van der Waals surface area contributed by atoms with Crippen molar-refractivity contribution >= 4 is 0 Å². The average molecular weight is 191 g/mol. The van der Waals surface area contributed by atoms with E-state index in [9.17, 15) is 0 Å². The van der Waals surface area contributed by atoms with Gasteiger partial charge < -0.3 is 4.42 Å². The summed E-state index contributed by atoms with van der Waals surface area (Å²) < 4.78 is 5.19. The first-order valence-electron chi connectivity index (χ1n) is 4.71. The maximum Gasteiger partial charge on any atom is 0.216 e. The van der Waals surface area contributed by atoms with E-state index in [0.29, 0.717) is 17.5 Å². The average Bonchev–Trinajstić information content (AvgIpc) is 2.69. The van der Waals surface area contributed by atoms with Crippen molar-refractivity contribution in [3.05, 3.63) is 24.2 Å². The van der Waals surface area contributed by atoms with Crippen LogP contribution in [0.5, 0.6) is 0 Å². The number of rotatable bonds is 3. The highest BCUT2D eigenvalue weighted by molar-refractivity contribution is 5.45. The molecule has 0 atom stereocenters. The summed E-state index contributed by atoms with van der Waals surface area (Å²) in [5, 5.41) is 6.99. The van der Waals surface area contributed by atoms with E-state index in [1.165, 1.54) is 0 Å². The van der Waals surface area contributed by atoms with Crippen LogP contribution in [0.2, 0.25) is 0 Å².